The molecule has 3 aromatic carbocycles. The molecule has 0 radical (unpaired) electrons. The lowest BCUT2D eigenvalue weighted by Gasteiger charge is -2.25. The number of methoxy groups -OCH3 is 1. The van der Waals surface area contributed by atoms with Gasteiger partial charge in [-0.3, -0.25) is 19.7 Å². The van der Waals surface area contributed by atoms with E-state index in [4.69, 9.17) is 9.15 Å². The van der Waals surface area contributed by atoms with Crippen LogP contribution in [0.4, 0.5) is 10.1 Å². The quantitative estimate of drug-likeness (QED) is 0.319. The van der Waals surface area contributed by atoms with E-state index in [0.29, 0.717) is 11.3 Å². The Bertz CT molecular complexity index is 1500. The largest absolute Gasteiger partial charge is 0.497 e. The van der Waals surface area contributed by atoms with Gasteiger partial charge >= 0.3 is 0 Å². The summed E-state index contributed by atoms with van der Waals surface area (Å²) >= 11 is 0. The Morgan fingerprint density at radius 3 is 2.41 bits per heavy atom. The maximum Gasteiger partial charge on any atom is 0.291 e. The Kier molecular flexibility index (Phi) is 5.09. The number of benzene rings is 3. The van der Waals surface area contributed by atoms with Crippen molar-refractivity contribution in [2.45, 2.75) is 12.6 Å². The molecule has 1 atom stereocenters. The van der Waals surface area contributed by atoms with E-state index in [0.717, 1.165) is 17.7 Å². The number of amides is 1. The van der Waals surface area contributed by atoms with Crippen LogP contribution in [0, 0.1) is 15.9 Å². The minimum atomic E-state index is -0.866. The molecule has 8 nitrogen and oxygen atoms in total. The van der Waals surface area contributed by atoms with Crippen molar-refractivity contribution in [3.05, 3.63) is 115 Å². The zero-order valence-corrected chi connectivity index (χ0v) is 17.9. The van der Waals surface area contributed by atoms with E-state index in [9.17, 15) is 24.1 Å². The summed E-state index contributed by atoms with van der Waals surface area (Å²) in [5.41, 5.74) is 0.802. The lowest BCUT2D eigenvalue weighted by Crippen LogP contribution is -2.29. The third-order valence-corrected chi connectivity index (χ3v) is 5.86. The predicted molar refractivity (Wildman–Crippen MR) is 120 cm³/mol. The van der Waals surface area contributed by atoms with Crippen LogP contribution < -0.4 is 10.2 Å². The van der Waals surface area contributed by atoms with E-state index in [1.807, 2.05) is 0 Å². The highest BCUT2D eigenvalue weighted by atomic mass is 19.1. The molecule has 1 amide bonds. The van der Waals surface area contributed by atoms with Crippen molar-refractivity contribution >= 4 is 22.6 Å². The monoisotopic (exact) mass is 460 g/mol. The maximum atomic E-state index is 13.9. The number of hydrogen-bond acceptors (Lipinski definition) is 6. The van der Waals surface area contributed by atoms with Gasteiger partial charge in [0.25, 0.3) is 11.6 Å². The zero-order chi connectivity index (χ0) is 24.0. The number of non-ortho nitro benzene ring substituents is 1. The molecule has 2 heterocycles. The number of ether oxygens (including phenoxy) is 1. The lowest BCUT2D eigenvalue weighted by molar-refractivity contribution is -0.384. The highest BCUT2D eigenvalue weighted by molar-refractivity contribution is 5.99. The Labute approximate surface area is 192 Å². The topological polar surface area (TPSA) is 103 Å². The van der Waals surface area contributed by atoms with Crippen molar-refractivity contribution in [2.75, 3.05) is 7.11 Å². The summed E-state index contributed by atoms with van der Waals surface area (Å²) in [6.07, 6.45) is 0. The van der Waals surface area contributed by atoms with Crippen molar-refractivity contribution in [3.8, 4) is 5.75 Å². The summed E-state index contributed by atoms with van der Waals surface area (Å²) in [7, 11) is 1.55. The molecule has 1 aliphatic rings. The van der Waals surface area contributed by atoms with Gasteiger partial charge in [0.1, 0.15) is 17.1 Å². The summed E-state index contributed by atoms with van der Waals surface area (Å²) in [6.45, 7) is 0.138. The van der Waals surface area contributed by atoms with Crippen molar-refractivity contribution in [2.24, 2.45) is 0 Å². The van der Waals surface area contributed by atoms with E-state index in [2.05, 4.69) is 0 Å². The number of carbonyl (C=O) groups is 1. The van der Waals surface area contributed by atoms with Gasteiger partial charge in [-0.25, -0.2) is 4.39 Å². The van der Waals surface area contributed by atoms with Crippen LogP contribution >= 0.6 is 0 Å². The molecule has 0 unspecified atom stereocenters. The normalized spacial score (nSPS) is 14.9. The van der Waals surface area contributed by atoms with Crippen LogP contribution in [-0.4, -0.2) is 22.8 Å². The summed E-state index contributed by atoms with van der Waals surface area (Å²) in [5, 5.41) is 11.1. The van der Waals surface area contributed by atoms with E-state index in [1.165, 1.54) is 35.2 Å². The second kappa shape index (κ2) is 8.11. The number of rotatable bonds is 5. The second-order valence-corrected chi connectivity index (χ2v) is 7.85. The molecular formula is C25H17FN2O6. The van der Waals surface area contributed by atoms with Crippen molar-refractivity contribution < 1.29 is 23.3 Å². The van der Waals surface area contributed by atoms with Gasteiger partial charge in [0, 0.05) is 18.7 Å². The first-order valence-corrected chi connectivity index (χ1v) is 10.3. The van der Waals surface area contributed by atoms with Crippen LogP contribution in [0.25, 0.3) is 11.0 Å². The summed E-state index contributed by atoms with van der Waals surface area (Å²) < 4.78 is 24.8. The average Bonchev–Trinajstić information content (AvgIpc) is 3.12. The Morgan fingerprint density at radius 2 is 1.76 bits per heavy atom. The van der Waals surface area contributed by atoms with Gasteiger partial charge in [0.2, 0.25) is 5.76 Å². The Hall–Kier alpha value is -4.53. The van der Waals surface area contributed by atoms with Crippen molar-refractivity contribution in [1.82, 2.24) is 4.90 Å². The first-order valence-electron chi connectivity index (χ1n) is 10.3. The molecule has 0 spiro atoms. The number of nitro groups is 1. The minimum Gasteiger partial charge on any atom is -0.497 e. The van der Waals surface area contributed by atoms with Crippen LogP contribution in [0.5, 0.6) is 5.75 Å². The fraction of sp³-hybridized carbons (Fsp3) is 0.120. The lowest BCUT2D eigenvalue weighted by atomic mass is 9.98. The smallest absolute Gasteiger partial charge is 0.291 e. The van der Waals surface area contributed by atoms with Gasteiger partial charge in [-0.2, -0.15) is 0 Å². The SMILES string of the molecule is COc1ccc(CN2C(=O)c3oc4ccc(F)cc4c(=O)c3[C@H]2c2ccc([N+](=O)[O-])cc2)cc1. The third kappa shape index (κ3) is 3.47. The van der Waals surface area contributed by atoms with E-state index in [1.54, 1.807) is 31.4 Å². The number of nitro benzene ring substituents is 1. The Morgan fingerprint density at radius 1 is 1.06 bits per heavy atom. The van der Waals surface area contributed by atoms with Gasteiger partial charge < -0.3 is 14.1 Å². The Balaban J connectivity index is 1.68. The van der Waals surface area contributed by atoms with Gasteiger partial charge in [-0.15, -0.1) is 0 Å². The molecule has 0 N–H and O–H groups in total. The number of nitrogens with zero attached hydrogens (tertiary/aromatic N) is 2. The number of carbonyl (C=O) groups excluding carboxylic acids is 1. The van der Waals surface area contributed by atoms with E-state index >= 15 is 0 Å². The van der Waals surface area contributed by atoms with Gasteiger partial charge in [-0.05, 0) is 53.6 Å². The molecule has 170 valence electrons. The summed E-state index contributed by atoms with van der Waals surface area (Å²) in [5.74, 6) is -0.582. The van der Waals surface area contributed by atoms with Gasteiger partial charge in [0.15, 0.2) is 5.43 Å². The van der Waals surface area contributed by atoms with Crippen LogP contribution in [0.15, 0.2) is 75.9 Å². The maximum absolute atomic E-state index is 13.9. The number of halogens is 1. The molecule has 0 aliphatic carbocycles. The van der Waals surface area contributed by atoms with Crippen LogP contribution in [-0.2, 0) is 6.54 Å². The average molecular weight is 460 g/mol. The molecule has 0 fully saturated rings. The van der Waals surface area contributed by atoms with E-state index < -0.39 is 28.1 Å². The van der Waals surface area contributed by atoms with E-state index in [-0.39, 0.29) is 34.5 Å². The molecule has 34 heavy (non-hydrogen) atoms. The molecule has 1 aromatic heterocycles. The summed E-state index contributed by atoms with van der Waals surface area (Å²) in [6, 6.07) is 15.4. The predicted octanol–water partition coefficient (Wildman–Crippen LogP) is 4.59. The molecular weight excluding hydrogens is 443 g/mol. The summed E-state index contributed by atoms with van der Waals surface area (Å²) in [4.78, 5) is 38.9. The molecule has 0 bridgehead atoms. The molecule has 0 saturated carbocycles. The molecule has 4 aromatic rings. The molecule has 5 rings (SSSR count). The minimum absolute atomic E-state index is 0.0183. The van der Waals surface area contributed by atoms with Crippen molar-refractivity contribution in [1.29, 1.82) is 0 Å². The molecule has 1 aliphatic heterocycles. The molecule has 0 saturated heterocycles. The van der Waals surface area contributed by atoms with Crippen LogP contribution in [0.3, 0.4) is 0 Å². The highest BCUT2D eigenvalue weighted by Crippen LogP contribution is 2.39. The van der Waals surface area contributed by atoms with Crippen LogP contribution in [0.1, 0.15) is 33.3 Å². The van der Waals surface area contributed by atoms with Gasteiger partial charge in [-0.1, -0.05) is 12.1 Å². The third-order valence-electron chi connectivity index (χ3n) is 5.86. The fourth-order valence-electron chi connectivity index (χ4n) is 4.21. The second-order valence-electron chi connectivity index (χ2n) is 7.85. The first kappa shape index (κ1) is 21.3. The fourth-order valence-corrected chi connectivity index (χ4v) is 4.21. The number of fused-ring (bicyclic) bond motifs is 2. The highest BCUT2D eigenvalue weighted by Gasteiger charge is 2.42. The first-order chi connectivity index (χ1) is 16.4. The number of hydrogen-bond donors (Lipinski definition) is 0. The van der Waals surface area contributed by atoms with Gasteiger partial charge in [0.05, 0.1) is 29.0 Å². The standard InChI is InChI=1S/C25H17FN2O6/c1-33-18-9-2-14(3-10-18)13-27-22(15-4-7-17(8-5-15)28(31)32)21-23(29)19-12-16(26)6-11-20(19)34-24(21)25(27)30/h2-12,22H,13H2,1H3/t22-/m1/s1. The van der Waals surface area contributed by atoms with Crippen molar-refractivity contribution in [3.63, 3.8) is 0 Å². The zero-order valence-electron chi connectivity index (χ0n) is 17.9. The molecule has 9 heteroatoms. The van der Waals surface area contributed by atoms with Crippen LogP contribution in [0.2, 0.25) is 0 Å².